The molecule has 0 amide bonds. The summed E-state index contributed by atoms with van der Waals surface area (Å²) in [4.78, 5) is 0. The Hall–Kier alpha value is -0.660. The fraction of sp³-hybridized carbons (Fsp3) is 0.333. The number of methoxy groups -OCH3 is 1. The molecule has 0 aliphatic heterocycles. The van der Waals surface area contributed by atoms with Crippen LogP contribution >= 0.6 is 31.9 Å². The SMILES string of the molecule is CC#CCCNc1cc(OC)c(Br)cc1Br. The molecule has 16 heavy (non-hydrogen) atoms. The second kappa shape index (κ2) is 6.82. The van der Waals surface area contributed by atoms with Gasteiger partial charge in [-0.05, 0) is 44.8 Å². The van der Waals surface area contributed by atoms with Crippen molar-refractivity contribution in [1.82, 2.24) is 0 Å². The molecule has 0 atom stereocenters. The van der Waals surface area contributed by atoms with Gasteiger partial charge in [-0.2, -0.15) is 0 Å². The van der Waals surface area contributed by atoms with Crippen molar-refractivity contribution in [1.29, 1.82) is 0 Å². The Kier molecular flexibility index (Phi) is 5.72. The molecule has 1 aromatic carbocycles. The average Bonchev–Trinajstić information content (AvgIpc) is 2.27. The lowest BCUT2D eigenvalue weighted by molar-refractivity contribution is 0.412. The zero-order chi connectivity index (χ0) is 12.0. The summed E-state index contributed by atoms with van der Waals surface area (Å²) in [5, 5.41) is 3.30. The van der Waals surface area contributed by atoms with Gasteiger partial charge in [0.25, 0.3) is 0 Å². The molecule has 1 N–H and O–H groups in total. The summed E-state index contributed by atoms with van der Waals surface area (Å²) in [5.41, 5.74) is 1.01. The lowest BCUT2D eigenvalue weighted by atomic mass is 10.3. The van der Waals surface area contributed by atoms with E-state index in [0.29, 0.717) is 0 Å². The van der Waals surface area contributed by atoms with E-state index in [2.05, 4.69) is 49.0 Å². The standard InChI is InChI=1S/C12H13Br2NO/c1-3-4-5-6-15-11-8-12(16-2)10(14)7-9(11)13/h7-8,15H,5-6H2,1-2H3. The predicted molar refractivity (Wildman–Crippen MR) is 75.0 cm³/mol. The van der Waals surface area contributed by atoms with Crippen LogP contribution in [-0.4, -0.2) is 13.7 Å². The van der Waals surface area contributed by atoms with E-state index in [9.17, 15) is 0 Å². The van der Waals surface area contributed by atoms with Crippen LogP contribution in [-0.2, 0) is 0 Å². The minimum Gasteiger partial charge on any atom is -0.495 e. The summed E-state index contributed by atoms with van der Waals surface area (Å²) < 4.78 is 7.17. The molecule has 0 radical (unpaired) electrons. The second-order valence-corrected chi connectivity index (χ2v) is 4.78. The molecule has 2 nitrogen and oxygen atoms in total. The largest absolute Gasteiger partial charge is 0.495 e. The van der Waals surface area contributed by atoms with Crippen molar-refractivity contribution in [3.8, 4) is 17.6 Å². The maximum Gasteiger partial charge on any atom is 0.135 e. The number of halogens is 2. The molecule has 0 spiro atoms. The van der Waals surface area contributed by atoms with Gasteiger partial charge < -0.3 is 10.1 Å². The molecule has 0 aliphatic rings. The number of benzene rings is 1. The number of rotatable bonds is 4. The molecule has 0 saturated carbocycles. The van der Waals surface area contributed by atoms with Crippen LogP contribution in [0.4, 0.5) is 5.69 Å². The Morgan fingerprint density at radius 2 is 2.06 bits per heavy atom. The van der Waals surface area contributed by atoms with E-state index in [1.54, 1.807) is 7.11 Å². The Balaban J connectivity index is 2.74. The summed E-state index contributed by atoms with van der Waals surface area (Å²) in [6.07, 6.45) is 0.835. The normalized spacial score (nSPS) is 9.25. The third kappa shape index (κ3) is 3.73. The molecule has 1 aromatic rings. The molecule has 0 bridgehead atoms. The van der Waals surface area contributed by atoms with Crippen LogP contribution in [0.15, 0.2) is 21.1 Å². The Labute approximate surface area is 113 Å². The number of hydrogen-bond acceptors (Lipinski definition) is 2. The monoisotopic (exact) mass is 345 g/mol. The van der Waals surface area contributed by atoms with Gasteiger partial charge in [0.05, 0.1) is 17.3 Å². The Bertz CT molecular complexity index is 421. The number of hydrogen-bond donors (Lipinski definition) is 1. The molecular weight excluding hydrogens is 334 g/mol. The van der Waals surface area contributed by atoms with Gasteiger partial charge in [0.1, 0.15) is 5.75 Å². The first-order valence-corrected chi connectivity index (χ1v) is 6.44. The van der Waals surface area contributed by atoms with E-state index in [1.807, 2.05) is 19.1 Å². The summed E-state index contributed by atoms with van der Waals surface area (Å²) in [6, 6.07) is 3.92. The zero-order valence-electron chi connectivity index (χ0n) is 9.23. The van der Waals surface area contributed by atoms with Crippen LogP contribution in [0.2, 0.25) is 0 Å². The summed E-state index contributed by atoms with van der Waals surface area (Å²) in [7, 11) is 1.65. The molecular formula is C12H13Br2NO. The van der Waals surface area contributed by atoms with E-state index in [0.717, 1.165) is 33.3 Å². The number of ether oxygens (including phenoxy) is 1. The highest BCUT2D eigenvalue weighted by atomic mass is 79.9. The smallest absolute Gasteiger partial charge is 0.135 e. The molecule has 0 aliphatic carbocycles. The van der Waals surface area contributed by atoms with Crippen LogP contribution in [0, 0.1) is 11.8 Å². The van der Waals surface area contributed by atoms with Crippen molar-refractivity contribution < 1.29 is 4.74 Å². The van der Waals surface area contributed by atoms with Gasteiger partial charge in [0.15, 0.2) is 0 Å². The fourth-order valence-corrected chi connectivity index (χ4v) is 2.50. The van der Waals surface area contributed by atoms with Gasteiger partial charge in [-0.25, -0.2) is 0 Å². The first-order valence-electron chi connectivity index (χ1n) is 4.85. The topological polar surface area (TPSA) is 21.3 Å². The summed E-state index contributed by atoms with van der Waals surface area (Å²) in [5.74, 6) is 6.69. The second-order valence-electron chi connectivity index (χ2n) is 3.07. The van der Waals surface area contributed by atoms with E-state index < -0.39 is 0 Å². The van der Waals surface area contributed by atoms with Crippen molar-refractivity contribution in [2.75, 3.05) is 19.0 Å². The van der Waals surface area contributed by atoms with Gasteiger partial charge in [-0.3, -0.25) is 0 Å². The quantitative estimate of drug-likeness (QED) is 0.656. The molecule has 0 fully saturated rings. The Morgan fingerprint density at radius 3 is 2.69 bits per heavy atom. The average molecular weight is 347 g/mol. The third-order valence-electron chi connectivity index (χ3n) is 1.98. The highest BCUT2D eigenvalue weighted by Gasteiger charge is 2.06. The lowest BCUT2D eigenvalue weighted by Gasteiger charge is -2.10. The van der Waals surface area contributed by atoms with Crippen LogP contribution in [0.1, 0.15) is 13.3 Å². The zero-order valence-corrected chi connectivity index (χ0v) is 12.4. The van der Waals surface area contributed by atoms with Crippen LogP contribution in [0.5, 0.6) is 5.75 Å². The lowest BCUT2D eigenvalue weighted by Crippen LogP contribution is -2.01. The van der Waals surface area contributed by atoms with Crippen molar-refractivity contribution in [3.05, 3.63) is 21.1 Å². The van der Waals surface area contributed by atoms with Gasteiger partial charge in [-0.1, -0.05) is 0 Å². The van der Waals surface area contributed by atoms with Crippen molar-refractivity contribution in [3.63, 3.8) is 0 Å². The molecule has 0 unspecified atom stereocenters. The van der Waals surface area contributed by atoms with Crippen LogP contribution in [0.25, 0.3) is 0 Å². The van der Waals surface area contributed by atoms with Crippen molar-refractivity contribution in [2.24, 2.45) is 0 Å². The number of nitrogens with one attached hydrogen (secondary N) is 1. The highest BCUT2D eigenvalue weighted by Crippen LogP contribution is 2.34. The van der Waals surface area contributed by atoms with Crippen LogP contribution in [0.3, 0.4) is 0 Å². The number of anilines is 1. The van der Waals surface area contributed by atoms with E-state index in [1.165, 1.54) is 0 Å². The van der Waals surface area contributed by atoms with Crippen LogP contribution < -0.4 is 10.1 Å². The third-order valence-corrected chi connectivity index (χ3v) is 3.26. The molecule has 0 aromatic heterocycles. The maximum absolute atomic E-state index is 5.23. The molecule has 0 heterocycles. The van der Waals surface area contributed by atoms with Gasteiger partial charge in [0, 0.05) is 23.5 Å². The van der Waals surface area contributed by atoms with E-state index in [4.69, 9.17) is 4.74 Å². The fourth-order valence-electron chi connectivity index (χ4n) is 1.21. The first-order chi connectivity index (χ1) is 7.69. The maximum atomic E-state index is 5.23. The summed E-state index contributed by atoms with van der Waals surface area (Å²) >= 11 is 6.92. The molecule has 1 rings (SSSR count). The van der Waals surface area contributed by atoms with Gasteiger partial charge >= 0.3 is 0 Å². The summed E-state index contributed by atoms with van der Waals surface area (Å²) in [6.45, 7) is 2.67. The Morgan fingerprint density at radius 1 is 1.31 bits per heavy atom. The van der Waals surface area contributed by atoms with Crippen molar-refractivity contribution >= 4 is 37.5 Å². The van der Waals surface area contributed by atoms with E-state index in [-0.39, 0.29) is 0 Å². The first kappa shape index (κ1) is 13.4. The predicted octanol–water partition coefficient (Wildman–Crippen LogP) is 4.05. The van der Waals surface area contributed by atoms with Crippen molar-refractivity contribution in [2.45, 2.75) is 13.3 Å². The van der Waals surface area contributed by atoms with E-state index >= 15 is 0 Å². The minimum atomic E-state index is 0.812. The highest BCUT2D eigenvalue weighted by molar-refractivity contribution is 9.11. The molecule has 4 heteroatoms. The van der Waals surface area contributed by atoms with Gasteiger partial charge in [-0.15, -0.1) is 11.8 Å². The van der Waals surface area contributed by atoms with Gasteiger partial charge in [0.2, 0.25) is 0 Å². The molecule has 86 valence electrons. The minimum absolute atomic E-state index is 0.812. The molecule has 0 saturated heterocycles.